The van der Waals surface area contributed by atoms with Crippen molar-refractivity contribution >= 4 is 24.4 Å². The molecule has 80 valence electrons. The highest BCUT2D eigenvalue weighted by atomic mass is 32.1. The molecule has 0 aliphatic carbocycles. The lowest BCUT2D eigenvalue weighted by atomic mass is 10.3. The van der Waals surface area contributed by atoms with Gasteiger partial charge in [-0.05, 0) is 0 Å². The second kappa shape index (κ2) is 5.42. The minimum atomic E-state index is -0.811. The summed E-state index contributed by atoms with van der Waals surface area (Å²) in [4.78, 5) is 30.0. The number of nitrogens with one attached hydrogen (secondary N) is 1. The second-order valence-corrected chi connectivity index (χ2v) is 3.06. The van der Waals surface area contributed by atoms with E-state index in [0.29, 0.717) is 0 Å². The minimum Gasteiger partial charge on any atom is -0.319 e. The van der Waals surface area contributed by atoms with Gasteiger partial charge in [0.05, 0.1) is 12.2 Å². The predicted molar refractivity (Wildman–Crippen MR) is 56.3 cm³/mol. The normalized spacial score (nSPS) is 11.9. The van der Waals surface area contributed by atoms with Gasteiger partial charge in [-0.2, -0.15) is 12.6 Å². The van der Waals surface area contributed by atoms with E-state index in [4.69, 9.17) is 5.73 Å². The summed E-state index contributed by atoms with van der Waals surface area (Å²) in [7, 11) is 0. The number of thiol groups is 1. The molecule has 1 rings (SSSR count). The fourth-order valence-electron chi connectivity index (χ4n) is 0.768. The lowest BCUT2D eigenvalue weighted by Crippen LogP contribution is -2.44. The van der Waals surface area contributed by atoms with Crippen LogP contribution in [0.5, 0.6) is 0 Å². The van der Waals surface area contributed by atoms with Gasteiger partial charge < -0.3 is 5.73 Å². The topological polar surface area (TPSA) is 98.0 Å². The monoisotopic (exact) mass is 226 g/mol. The molecule has 0 saturated carbocycles. The second-order valence-electron chi connectivity index (χ2n) is 2.70. The molecule has 0 aromatic carbocycles. The first-order valence-electron chi connectivity index (χ1n) is 4.12. The molecule has 0 radical (unpaired) electrons. The number of amides is 2. The number of nitrogens with two attached hydrogens (primary N) is 1. The molecule has 0 aliphatic heterocycles. The fraction of sp³-hybridized carbons (Fsp3) is 0.250. The lowest BCUT2D eigenvalue weighted by molar-refractivity contribution is -0.120. The Labute approximate surface area is 91.7 Å². The maximum atomic E-state index is 11.4. The van der Waals surface area contributed by atoms with Gasteiger partial charge in [0, 0.05) is 18.1 Å². The number of hydrogen-bond acceptors (Lipinski definition) is 6. The van der Waals surface area contributed by atoms with E-state index in [1.807, 2.05) is 0 Å². The van der Waals surface area contributed by atoms with Crippen LogP contribution in [0.4, 0.5) is 0 Å². The van der Waals surface area contributed by atoms with Gasteiger partial charge in [0.15, 0.2) is 0 Å². The van der Waals surface area contributed by atoms with E-state index in [1.54, 1.807) is 0 Å². The number of nitrogens with zero attached hydrogens (tertiary/aromatic N) is 2. The van der Waals surface area contributed by atoms with Crippen LogP contribution in [0.1, 0.15) is 10.5 Å². The first-order chi connectivity index (χ1) is 7.15. The molecule has 0 fully saturated rings. The molecule has 1 atom stereocenters. The minimum absolute atomic E-state index is 0.0669. The Kier molecular flexibility index (Phi) is 4.19. The van der Waals surface area contributed by atoms with E-state index in [-0.39, 0.29) is 11.4 Å². The van der Waals surface area contributed by atoms with Gasteiger partial charge in [0.2, 0.25) is 5.91 Å². The summed E-state index contributed by atoms with van der Waals surface area (Å²) < 4.78 is 0. The van der Waals surface area contributed by atoms with Crippen molar-refractivity contribution in [2.75, 3.05) is 5.75 Å². The molecule has 3 N–H and O–H groups in total. The first-order valence-corrected chi connectivity index (χ1v) is 4.76. The molecule has 1 heterocycles. The van der Waals surface area contributed by atoms with Gasteiger partial charge in [0.1, 0.15) is 5.69 Å². The van der Waals surface area contributed by atoms with Crippen molar-refractivity contribution in [3.63, 3.8) is 0 Å². The smallest absolute Gasteiger partial charge is 0.278 e. The average molecular weight is 226 g/mol. The summed E-state index contributed by atoms with van der Waals surface area (Å²) in [6.45, 7) is 0. The molecule has 1 unspecified atom stereocenters. The Morgan fingerprint density at radius 3 is 2.80 bits per heavy atom. The zero-order valence-electron chi connectivity index (χ0n) is 7.75. The van der Waals surface area contributed by atoms with Crippen LogP contribution in [0.2, 0.25) is 0 Å². The van der Waals surface area contributed by atoms with Crippen LogP contribution in [-0.4, -0.2) is 33.6 Å². The van der Waals surface area contributed by atoms with Gasteiger partial charge >= 0.3 is 0 Å². The Bertz CT molecular complexity index is 357. The molecule has 6 nitrogen and oxygen atoms in total. The largest absolute Gasteiger partial charge is 0.319 e. The van der Waals surface area contributed by atoms with Crippen LogP contribution in [-0.2, 0) is 4.79 Å². The SMILES string of the molecule is NC(CS)C(=O)NC(=O)c1cnccn1. The number of carbonyl (C=O) groups excluding carboxylic acids is 2. The molecule has 7 heteroatoms. The molecule has 0 saturated heterocycles. The van der Waals surface area contributed by atoms with Gasteiger partial charge in [0.25, 0.3) is 5.91 Å². The van der Waals surface area contributed by atoms with E-state index < -0.39 is 17.9 Å². The maximum Gasteiger partial charge on any atom is 0.278 e. The number of rotatable bonds is 3. The highest BCUT2D eigenvalue weighted by Gasteiger charge is 2.16. The number of hydrogen-bond donors (Lipinski definition) is 3. The average Bonchev–Trinajstić information content (AvgIpc) is 2.29. The molecule has 0 aliphatic rings. The van der Waals surface area contributed by atoms with Gasteiger partial charge in [-0.1, -0.05) is 0 Å². The van der Waals surface area contributed by atoms with Crippen molar-refractivity contribution < 1.29 is 9.59 Å². The molecule has 15 heavy (non-hydrogen) atoms. The summed E-state index contributed by atoms with van der Waals surface area (Å²) in [6, 6.07) is -0.811. The predicted octanol–water partition coefficient (Wildman–Crippen LogP) is -1.01. The molecule has 0 spiro atoms. The van der Waals surface area contributed by atoms with Crippen LogP contribution in [0.3, 0.4) is 0 Å². The van der Waals surface area contributed by atoms with Crippen molar-refractivity contribution in [1.82, 2.24) is 15.3 Å². The molecule has 1 aromatic heterocycles. The van der Waals surface area contributed by atoms with Crippen LogP contribution in [0.15, 0.2) is 18.6 Å². The molecule has 2 amide bonds. The zero-order valence-corrected chi connectivity index (χ0v) is 8.65. The zero-order chi connectivity index (χ0) is 11.3. The van der Waals surface area contributed by atoms with Crippen LogP contribution < -0.4 is 11.1 Å². The summed E-state index contributed by atoms with van der Waals surface area (Å²) in [6.07, 6.45) is 4.05. The van der Waals surface area contributed by atoms with Crippen LogP contribution >= 0.6 is 12.6 Å². The van der Waals surface area contributed by atoms with E-state index in [2.05, 4.69) is 27.9 Å². The molecule has 0 bridgehead atoms. The summed E-state index contributed by atoms with van der Waals surface area (Å²) >= 11 is 3.84. The van der Waals surface area contributed by atoms with E-state index in [0.717, 1.165) is 0 Å². The number of aromatic nitrogens is 2. The van der Waals surface area contributed by atoms with Crippen molar-refractivity contribution in [2.45, 2.75) is 6.04 Å². The van der Waals surface area contributed by atoms with E-state index in [1.165, 1.54) is 18.6 Å². The lowest BCUT2D eigenvalue weighted by Gasteiger charge is -2.07. The third kappa shape index (κ3) is 3.30. The highest BCUT2D eigenvalue weighted by molar-refractivity contribution is 7.80. The molecular weight excluding hydrogens is 216 g/mol. The maximum absolute atomic E-state index is 11.4. The van der Waals surface area contributed by atoms with E-state index >= 15 is 0 Å². The Morgan fingerprint density at radius 2 is 2.27 bits per heavy atom. The summed E-state index contributed by atoms with van der Waals surface area (Å²) in [5, 5.41) is 2.09. The van der Waals surface area contributed by atoms with Gasteiger partial charge in [-0.25, -0.2) is 4.98 Å². The Balaban J connectivity index is 2.61. The van der Waals surface area contributed by atoms with Crippen molar-refractivity contribution in [3.8, 4) is 0 Å². The number of imide groups is 1. The molecule has 1 aromatic rings. The first kappa shape index (κ1) is 11.6. The summed E-state index contributed by atoms with van der Waals surface area (Å²) in [5.74, 6) is -1.04. The fourth-order valence-corrected chi connectivity index (χ4v) is 0.934. The van der Waals surface area contributed by atoms with Gasteiger partial charge in [-0.3, -0.25) is 19.9 Å². The quantitative estimate of drug-likeness (QED) is 0.574. The molecular formula is C8H10N4O2S. The third-order valence-corrected chi connectivity index (χ3v) is 1.96. The third-order valence-electron chi connectivity index (χ3n) is 1.57. The highest BCUT2D eigenvalue weighted by Crippen LogP contribution is 1.91. The Morgan fingerprint density at radius 1 is 1.53 bits per heavy atom. The standard InChI is InChI=1S/C8H10N4O2S/c9-5(4-15)7(13)12-8(14)6-3-10-1-2-11-6/h1-3,5,15H,4,9H2,(H,12,13,14). The van der Waals surface area contributed by atoms with Crippen molar-refractivity contribution in [1.29, 1.82) is 0 Å². The van der Waals surface area contributed by atoms with Crippen LogP contribution in [0, 0.1) is 0 Å². The number of carbonyl (C=O) groups is 2. The van der Waals surface area contributed by atoms with Crippen LogP contribution in [0.25, 0.3) is 0 Å². The van der Waals surface area contributed by atoms with E-state index in [9.17, 15) is 9.59 Å². The van der Waals surface area contributed by atoms with Crippen molar-refractivity contribution in [2.24, 2.45) is 5.73 Å². The van der Waals surface area contributed by atoms with Gasteiger partial charge in [-0.15, -0.1) is 0 Å². The Hall–Kier alpha value is -1.47. The van der Waals surface area contributed by atoms with Crippen molar-refractivity contribution in [3.05, 3.63) is 24.3 Å². The summed E-state index contributed by atoms with van der Waals surface area (Å²) in [5.41, 5.74) is 5.43.